The molecule has 6 heteroatoms. The maximum atomic E-state index is 13.2. The van der Waals surface area contributed by atoms with Crippen LogP contribution in [0.3, 0.4) is 0 Å². The molecule has 3 N–H and O–H groups in total. The highest BCUT2D eigenvalue weighted by Crippen LogP contribution is 2.19. The zero-order valence-electron chi connectivity index (χ0n) is 38.0. The molecular weight excluding hydrogens is 695 g/mol. The van der Waals surface area contributed by atoms with Crippen molar-refractivity contribution >= 4 is 11.9 Å². The zero-order valence-corrected chi connectivity index (χ0v) is 38.0. The molecule has 3 atom stereocenters. The SMILES string of the molecule is CCCCCCCCCCCCCCCCC(O)C(CO)NC(=O)CC(CCCCCCCCCCCCC)OC(=O)CCCCCCCCCCCCCC. The van der Waals surface area contributed by atoms with Crippen molar-refractivity contribution in [3.05, 3.63) is 0 Å². The highest BCUT2D eigenvalue weighted by molar-refractivity contribution is 5.77. The minimum atomic E-state index is -0.778. The Kier molecular flexibility index (Phi) is 44.0. The number of aliphatic hydroxyl groups excluding tert-OH is 2. The van der Waals surface area contributed by atoms with E-state index in [0.29, 0.717) is 19.3 Å². The number of rotatable bonds is 46. The van der Waals surface area contributed by atoms with Gasteiger partial charge in [0.2, 0.25) is 5.91 Å². The van der Waals surface area contributed by atoms with E-state index in [1.54, 1.807) is 0 Å². The van der Waals surface area contributed by atoms with Crippen LogP contribution in [0.1, 0.15) is 284 Å². The molecule has 0 aromatic heterocycles. The average molecular weight is 794 g/mol. The number of carbonyl (C=O) groups excluding carboxylic acids is 2. The largest absolute Gasteiger partial charge is 0.462 e. The Labute approximate surface area is 349 Å². The van der Waals surface area contributed by atoms with E-state index in [9.17, 15) is 19.8 Å². The molecule has 0 saturated carbocycles. The maximum Gasteiger partial charge on any atom is 0.306 e. The fourth-order valence-electron chi connectivity index (χ4n) is 8.08. The van der Waals surface area contributed by atoms with Gasteiger partial charge in [-0.3, -0.25) is 9.59 Å². The van der Waals surface area contributed by atoms with Crippen LogP contribution in [0, 0.1) is 0 Å². The summed E-state index contributed by atoms with van der Waals surface area (Å²) >= 11 is 0. The molecular formula is C50H99NO5. The molecule has 0 aliphatic heterocycles. The number of esters is 1. The normalized spacial score (nSPS) is 13.2. The second-order valence-electron chi connectivity index (χ2n) is 17.6. The second-order valence-corrected chi connectivity index (χ2v) is 17.6. The van der Waals surface area contributed by atoms with Gasteiger partial charge in [0, 0.05) is 6.42 Å². The number of carbonyl (C=O) groups is 2. The molecule has 0 aliphatic rings. The standard InChI is InChI=1S/C50H99NO5/c1-4-7-10-13-16-19-22-24-25-27-30-33-36-39-42-48(53)47(45-52)51-49(54)44-46(41-38-35-32-29-26-21-18-15-12-9-6-3)56-50(55)43-40-37-34-31-28-23-20-17-14-11-8-5-2/h46-48,52-53H,4-45H2,1-3H3,(H,51,54). The molecule has 0 spiro atoms. The molecule has 0 fully saturated rings. The second kappa shape index (κ2) is 45.0. The van der Waals surface area contributed by atoms with Gasteiger partial charge in [0.1, 0.15) is 6.10 Å². The molecule has 0 bridgehead atoms. The lowest BCUT2D eigenvalue weighted by molar-refractivity contribution is -0.151. The Morgan fingerprint density at radius 3 is 1.09 bits per heavy atom. The van der Waals surface area contributed by atoms with Crippen molar-refractivity contribution in [3.8, 4) is 0 Å². The Hall–Kier alpha value is -1.14. The van der Waals surface area contributed by atoms with Gasteiger partial charge in [-0.1, -0.05) is 245 Å². The summed E-state index contributed by atoms with van der Waals surface area (Å²) < 4.78 is 5.92. The van der Waals surface area contributed by atoms with E-state index >= 15 is 0 Å². The van der Waals surface area contributed by atoms with E-state index in [1.165, 1.54) is 193 Å². The minimum Gasteiger partial charge on any atom is -0.462 e. The molecule has 3 unspecified atom stereocenters. The van der Waals surface area contributed by atoms with Crippen molar-refractivity contribution in [1.29, 1.82) is 0 Å². The molecule has 0 heterocycles. The predicted octanol–water partition coefficient (Wildman–Crippen LogP) is 14.8. The van der Waals surface area contributed by atoms with E-state index in [4.69, 9.17) is 4.74 Å². The number of ether oxygens (including phenoxy) is 1. The Balaban J connectivity index is 4.48. The predicted molar refractivity (Wildman–Crippen MR) is 241 cm³/mol. The van der Waals surface area contributed by atoms with Crippen LogP contribution >= 0.6 is 0 Å². The molecule has 6 nitrogen and oxygen atoms in total. The van der Waals surface area contributed by atoms with Crippen LogP contribution in [-0.2, 0) is 14.3 Å². The van der Waals surface area contributed by atoms with Gasteiger partial charge in [0.15, 0.2) is 0 Å². The van der Waals surface area contributed by atoms with E-state index in [0.717, 1.165) is 44.9 Å². The number of amides is 1. The topological polar surface area (TPSA) is 95.9 Å². The van der Waals surface area contributed by atoms with Crippen LogP contribution in [0.25, 0.3) is 0 Å². The molecule has 1 amide bonds. The first-order chi connectivity index (χ1) is 27.5. The number of hydrogen-bond acceptors (Lipinski definition) is 5. The van der Waals surface area contributed by atoms with Gasteiger partial charge in [0.05, 0.1) is 25.2 Å². The van der Waals surface area contributed by atoms with Crippen molar-refractivity contribution in [2.45, 2.75) is 302 Å². The van der Waals surface area contributed by atoms with E-state index in [2.05, 4.69) is 26.1 Å². The lowest BCUT2D eigenvalue weighted by Gasteiger charge is -2.24. The lowest BCUT2D eigenvalue weighted by atomic mass is 10.0. The van der Waals surface area contributed by atoms with Crippen LogP contribution < -0.4 is 5.32 Å². The number of nitrogens with one attached hydrogen (secondary N) is 1. The summed E-state index contributed by atoms with van der Waals surface area (Å²) in [6.07, 6.45) is 47.3. The molecule has 0 aliphatic carbocycles. The van der Waals surface area contributed by atoms with Crippen molar-refractivity contribution in [2.24, 2.45) is 0 Å². The van der Waals surface area contributed by atoms with Crippen LogP contribution in [0.2, 0.25) is 0 Å². The highest BCUT2D eigenvalue weighted by atomic mass is 16.5. The van der Waals surface area contributed by atoms with E-state index < -0.39 is 18.2 Å². The molecule has 0 rings (SSSR count). The average Bonchev–Trinajstić information content (AvgIpc) is 3.19. The summed E-state index contributed by atoms with van der Waals surface area (Å²) in [4.78, 5) is 26.0. The first-order valence-corrected chi connectivity index (χ1v) is 25.3. The summed E-state index contributed by atoms with van der Waals surface area (Å²) in [7, 11) is 0. The van der Waals surface area contributed by atoms with Crippen molar-refractivity contribution in [1.82, 2.24) is 5.32 Å². The minimum absolute atomic E-state index is 0.0873. The van der Waals surface area contributed by atoms with Crippen LogP contribution in [0.4, 0.5) is 0 Å². The van der Waals surface area contributed by atoms with Gasteiger partial charge in [-0.05, 0) is 25.7 Å². The molecule has 0 aromatic carbocycles. The fourth-order valence-corrected chi connectivity index (χ4v) is 8.08. The van der Waals surface area contributed by atoms with Gasteiger partial charge in [0.25, 0.3) is 0 Å². The Morgan fingerprint density at radius 2 is 0.750 bits per heavy atom. The van der Waals surface area contributed by atoms with Gasteiger partial charge < -0.3 is 20.3 Å². The Bertz CT molecular complexity index is 806. The first kappa shape index (κ1) is 54.9. The number of aliphatic hydroxyl groups is 2. The first-order valence-electron chi connectivity index (χ1n) is 25.3. The molecule has 0 radical (unpaired) electrons. The third-order valence-electron chi connectivity index (χ3n) is 11.9. The van der Waals surface area contributed by atoms with Gasteiger partial charge in [-0.15, -0.1) is 0 Å². The summed E-state index contributed by atoms with van der Waals surface area (Å²) in [6, 6.07) is -0.691. The van der Waals surface area contributed by atoms with E-state index in [1.807, 2.05) is 0 Å². The van der Waals surface area contributed by atoms with Gasteiger partial charge in [-0.2, -0.15) is 0 Å². The van der Waals surface area contributed by atoms with E-state index in [-0.39, 0.29) is 24.9 Å². The van der Waals surface area contributed by atoms with Gasteiger partial charge >= 0.3 is 5.97 Å². The summed E-state index contributed by atoms with van der Waals surface area (Å²) in [5, 5.41) is 23.7. The molecule has 56 heavy (non-hydrogen) atoms. The Morgan fingerprint density at radius 1 is 0.446 bits per heavy atom. The number of unbranched alkanes of at least 4 members (excludes halogenated alkanes) is 34. The van der Waals surface area contributed by atoms with Crippen molar-refractivity contribution < 1.29 is 24.5 Å². The maximum absolute atomic E-state index is 13.2. The van der Waals surface area contributed by atoms with Crippen LogP contribution in [-0.4, -0.2) is 46.9 Å². The van der Waals surface area contributed by atoms with Gasteiger partial charge in [-0.25, -0.2) is 0 Å². The quantitative estimate of drug-likeness (QED) is 0.0421. The lowest BCUT2D eigenvalue weighted by Crippen LogP contribution is -2.46. The van der Waals surface area contributed by atoms with Crippen LogP contribution in [0.5, 0.6) is 0 Å². The molecule has 0 saturated heterocycles. The smallest absolute Gasteiger partial charge is 0.306 e. The molecule has 0 aromatic rings. The third kappa shape index (κ3) is 39.7. The van der Waals surface area contributed by atoms with Crippen molar-refractivity contribution in [2.75, 3.05) is 6.61 Å². The fraction of sp³-hybridized carbons (Fsp3) is 0.960. The summed E-state index contributed by atoms with van der Waals surface area (Å²) in [5.74, 6) is -0.454. The van der Waals surface area contributed by atoms with Crippen LogP contribution in [0.15, 0.2) is 0 Å². The molecule has 334 valence electrons. The third-order valence-corrected chi connectivity index (χ3v) is 11.9. The summed E-state index contributed by atoms with van der Waals surface area (Å²) in [6.45, 7) is 6.50. The van der Waals surface area contributed by atoms with Crippen molar-refractivity contribution in [3.63, 3.8) is 0 Å². The zero-order chi connectivity index (χ0) is 41.0. The monoisotopic (exact) mass is 794 g/mol. The summed E-state index contributed by atoms with van der Waals surface area (Å²) in [5.41, 5.74) is 0. The highest BCUT2D eigenvalue weighted by Gasteiger charge is 2.24. The number of hydrogen-bond donors (Lipinski definition) is 3.